The highest BCUT2D eigenvalue weighted by molar-refractivity contribution is 5.53. The van der Waals surface area contributed by atoms with Crippen LogP contribution >= 0.6 is 0 Å². The second kappa shape index (κ2) is 8.10. The molecular formula is C16H21N5O2. The van der Waals surface area contributed by atoms with E-state index in [0.717, 1.165) is 37.6 Å². The van der Waals surface area contributed by atoms with E-state index in [0.29, 0.717) is 5.69 Å². The van der Waals surface area contributed by atoms with Crippen LogP contribution in [0.3, 0.4) is 0 Å². The van der Waals surface area contributed by atoms with Crippen molar-refractivity contribution in [3.63, 3.8) is 0 Å². The molecule has 7 heteroatoms. The van der Waals surface area contributed by atoms with E-state index < -0.39 is 0 Å². The first-order valence-electron chi connectivity index (χ1n) is 7.04. The standard InChI is InChI=1S/C16H17N5.2H2O/c17-11-14-3-6-16(12-19-14)21-9-7-20(8-10-21)15-4-1-13(18)2-5-15;;/h1-6,12H,7-10,18H2;2*1H2. The Morgan fingerprint density at radius 2 is 1.43 bits per heavy atom. The van der Waals surface area contributed by atoms with Crippen molar-refractivity contribution in [2.45, 2.75) is 0 Å². The van der Waals surface area contributed by atoms with Crippen LogP contribution in [-0.2, 0) is 0 Å². The minimum absolute atomic E-state index is 0. The van der Waals surface area contributed by atoms with Gasteiger partial charge in [-0.2, -0.15) is 5.26 Å². The summed E-state index contributed by atoms with van der Waals surface area (Å²) in [7, 11) is 0. The maximum Gasteiger partial charge on any atom is 0.140 e. The number of piperazine rings is 1. The minimum atomic E-state index is 0. The van der Waals surface area contributed by atoms with E-state index in [1.54, 1.807) is 12.3 Å². The number of nitriles is 1. The summed E-state index contributed by atoms with van der Waals surface area (Å²) in [5.74, 6) is 0. The summed E-state index contributed by atoms with van der Waals surface area (Å²) < 4.78 is 0. The first-order valence-corrected chi connectivity index (χ1v) is 7.04. The molecule has 6 N–H and O–H groups in total. The Morgan fingerprint density at radius 3 is 1.91 bits per heavy atom. The van der Waals surface area contributed by atoms with Crippen molar-refractivity contribution in [2.24, 2.45) is 0 Å². The number of hydrogen-bond donors (Lipinski definition) is 1. The molecule has 0 bridgehead atoms. The maximum absolute atomic E-state index is 8.78. The summed E-state index contributed by atoms with van der Waals surface area (Å²) in [6.07, 6.45) is 1.78. The Morgan fingerprint density at radius 1 is 0.913 bits per heavy atom. The number of anilines is 2. The Balaban J connectivity index is 0.00000132. The van der Waals surface area contributed by atoms with Gasteiger partial charge in [0, 0.05) is 44.0 Å². The third-order valence-corrected chi connectivity index (χ3v) is 3.81. The monoisotopic (exact) mass is 315 g/mol. The number of rotatable bonds is 2. The van der Waals surface area contributed by atoms with Gasteiger partial charge in [0.15, 0.2) is 0 Å². The molecule has 122 valence electrons. The van der Waals surface area contributed by atoms with E-state index >= 15 is 0 Å². The van der Waals surface area contributed by atoms with Crippen LogP contribution in [0.25, 0.3) is 0 Å². The van der Waals surface area contributed by atoms with E-state index in [1.165, 1.54) is 5.69 Å². The lowest BCUT2D eigenvalue weighted by Gasteiger charge is -2.37. The number of nitrogens with zero attached hydrogens (tertiary/aromatic N) is 4. The summed E-state index contributed by atoms with van der Waals surface area (Å²) in [5, 5.41) is 8.78. The van der Waals surface area contributed by atoms with Crippen LogP contribution in [0.15, 0.2) is 42.6 Å². The van der Waals surface area contributed by atoms with E-state index in [4.69, 9.17) is 5.26 Å². The molecule has 1 aromatic heterocycles. The van der Waals surface area contributed by atoms with E-state index in [-0.39, 0.29) is 11.0 Å². The molecule has 1 saturated heterocycles. The zero-order valence-electron chi connectivity index (χ0n) is 12.8. The van der Waals surface area contributed by atoms with Gasteiger partial charge in [0.25, 0.3) is 0 Å². The van der Waals surface area contributed by atoms with Crippen molar-refractivity contribution >= 4 is 17.1 Å². The van der Waals surface area contributed by atoms with Gasteiger partial charge in [-0.05, 0) is 24.3 Å². The van der Waals surface area contributed by atoms with Crippen LogP contribution in [-0.4, -0.2) is 42.1 Å². The van der Waals surface area contributed by atoms with Gasteiger partial charge < -0.3 is 26.5 Å². The molecule has 1 aliphatic heterocycles. The SMILES string of the molecule is N#Cc1ccc(N2CCN(c3ccc([NH3+])cc3)CC2)cn1.O.[OH-]. The number of pyridine rings is 1. The van der Waals surface area contributed by atoms with Crippen LogP contribution in [0.1, 0.15) is 5.69 Å². The fourth-order valence-corrected chi connectivity index (χ4v) is 2.57. The fraction of sp³-hybridized carbons (Fsp3) is 0.250. The fourth-order valence-electron chi connectivity index (χ4n) is 2.57. The Bertz CT molecular complexity index is 644. The highest BCUT2D eigenvalue weighted by atomic mass is 16.0. The summed E-state index contributed by atoms with van der Waals surface area (Å²) in [6, 6.07) is 14.1. The third kappa shape index (κ3) is 4.17. The quantitative estimate of drug-likeness (QED) is 0.842. The van der Waals surface area contributed by atoms with Crippen molar-refractivity contribution < 1.29 is 16.7 Å². The molecule has 2 aromatic rings. The Labute approximate surface area is 135 Å². The zero-order chi connectivity index (χ0) is 14.7. The number of hydrogen-bond acceptors (Lipinski definition) is 5. The molecule has 0 atom stereocenters. The summed E-state index contributed by atoms with van der Waals surface area (Å²) >= 11 is 0. The molecule has 7 nitrogen and oxygen atoms in total. The van der Waals surface area contributed by atoms with Gasteiger partial charge in [-0.3, -0.25) is 0 Å². The molecule has 0 unspecified atom stereocenters. The molecule has 1 aromatic carbocycles. The molecule has 0 amide bonds. The lowest BCUT2D eigenvalue weighted by atomic mass is 10.2. The molecule has 3 rings (SSSR count). The molecule has 0 aliphatic carbocycles. The largest absolute Gasteiger partial charge is 0.870 e. The van der Waals surface area contributed by atoms with Gasteiger partial charge in [0.05, 0.1) is 11.9 Å². The smallest absolute Gasteiger partial charge is 0.140 e. The van der Waals surface area contributed by atoms with Gasteiger partial charge in [-0.25, -0.2) is 4.98 Å². The van der Waals surface area contributed by atoms with E-state index in [2.05, 4.69) is 32.7 Å². The number of quaternary nitrogens is 1. The first kappa shape index (κ1) is 18.4. The zero-order valence-corrected chi connectivity index (χ0v) is 12.8. The van der Waals surface area contributed by atoms with Crippen LogP contribution in [0.4, 0.5) is 17.1 Å². The molecule has 2 heterocycles. The third-order valence-electron chi connectivity index (χ3n) is 3.81. The molecule has 23 heavy (non-hydrogen) atoms. The summed E-state index contributed by atoms with van der Waals surface area (Å²) in [4.78, 5) is 8.82. The van der Waals surface area contributed by atoms with Crippen LogP contribution in [0.5, 0.6) is 0 Å². The van der Waals surface area contributed by atoms with Gasteiger partial charge in [-0.1, -0.05) is 0 Å². The molecule has 1 fully saturated rings. The average molecular weight is 315 g/mol. The normalized spacial score (nSPS) is 13.6. The van der Waals surface area contributed by atoms with Crippen molar-refractivity contribution in [3.8, 4) is 6.07 Å². The minimum Gasteiger partial charge on any atom is -0.870 e. The lowest BCUT2D eigenvalue weighted by Crippen LogP contribution is -2.46. The number of aromatic nitrogens is 1. The van der Waals surface area contributed by atoms with E-state index in [1.807, 2.05) is 24.3 Å². The lowest BCUT2D eigenvalue weighted by molar-refractivity contribution is -0.254. The molecule has 0 saturated carbocycles. The van der Waals surface area contributed by atoms with Crippen molar-refractivity contribution in [1.82, 2.24) is 4.98 Å². The van der Waals surface area contributed by atoms with Gasteiger partial charge in [0.2, 0.25) is 0 Å². The maximum atomic E-state index is 8.78. The van der Waals surface area contributed by atoms with Crippen molar-refractivity contribution in [3.05, 3.63) is 48.3 Å². The molecular weight excluding hydrogens is 294 g/mol. The highest BCUT2D eigenvalue weighted by Crippen LogP contribution is 2.20. The summed E-state index contributed by atoms with van der Waals surface area (Å²) in [6.45, 7) is 3.88. The predicted molar refractivity (Wildman–Crippen MR) is 87.9 cm³/mol. The summed E-state index contributed by atoms with van der Waals surface area (Å²) in [5.41, 5.74) is 7.76. The van der Waals surface area contributed by atoms with Crippen molar-refractivity contribution in [1.29, 1.82) is 5.26 Å². The van der Waals surface area contributed by atoms with Gasteiger partial charge in [0.1, 0.15) is 17.5 Å². The first-order chi connectivity index (χ1) is 10.3. The van der Waals surface area contributed by atoms with Crippen LogP contribution < -0.4 is 15.5 Å². The van der Waals surface area contributed by atoms with Crippen LogP contribution in [0.2, 0.25) is 0 Å². The average Bonchev–Trinajstić information content (AvgIpc) is 2.56. The second-order valence-corrected chi connectivity index (χ2v) is 5.15. The topological polar surface area (TPSA) is 132 Å². The van der Waals surface area contributed by atoms with Gasteiger partial charge >= 0.3 is 0 Å². The number of benzene rings is 1. The molecule has 0 spiro atoms. The second-order valence-electron chi connectivity index (χ2n) is 5.15. The Hall–Kier alpha value is -2.66. The molecule has 1 aliphatic rings. The Kier molecular flexibility index (Phi) is 6.48. The highest BCUT2D eigenvalue weighted by Gasteiger charge is 2.17. The van der Waals surface area contributed by atoms with Gasteiger partial charge in [-0.15, -0.1) is 0 Å². The predicted octanol–water partition coefficient (Wildman–Crippen LogP) is 0.152. The van der Waals surface area contributed by atoms with E-state index in [9.17, 15) is 0 Å². The van der Waals surface area contributed by atoms with Crippen molar-refractivity contribution in [2.75, 3.05) is 36.0 Å². The van der Waals surface area contributed by atoms with Crippen LogP contribution in [0, 0.1) is 11.3 Å². The molecule has 0 radical (unpaired) electrons.